The Morgan fingerprint density at radius 2 is 1.40 bits per heavy atom. The van der Waals surface area contributed by atoms with Crippen LogP contribution >= 0.6 is 0 Å². The number of furan rings is 1. The van der Waals surface area contributed by atoms with Gasteiger partial charge >= 0.3 is 0 Å². The first-order valence-corrected chi connectivity index (χ1v) is 22.5. The number of halogens is 1. The van der Waals surface area contributed by atoms with E-state index in [0.717, 1.165) is 39.6 Å². The van der Waals surface area contributed by atoms with E-state index < -0.39 is 8.07 Å². The molecule has 0 N–H and O–H groups in total. The molecule has 1 radical (unpaired) electrons. The fourth-order valence-electron chi connectivity index (χ4n) is 7.20. The molecule has 6 heteroatoms. The smallest absolute Gasteiger partial charge is 0.124 e. The molecule has 7 rings (SSSR count). The van der Waals surface area contributed by atoms with E-state index in [1.807, 2.05) is 18.5 Å². The van der Waals surface area contributed by atoms with Gasteiger partial charge in [0.25, 0.3) is 0 Å². The van der Waals surface area contributed by atoms with E-state index in [9.17, 15) is 4.39 Å². The second-order valence-electron chi connectivity index (χ2n) is 17.6. The summed E-state index contributed by atoms with van der Waals surface area (Å²) < 4.78 is 20.9. The van der Waals surface area contributed by atoms with Crippen molar-refractivity contribution in [2.24, 2.45) is 5.41 Å². The number of fused-ring (bicyclic) bond motifs is 3. The molecule has 7 aromatic rings. The van der Waals surface area contributed by atoms with Crippen LogP contribution in [0.15, 0.2) is 108 Å². The fraction of sp³-hybridized carbons (Fsp3) is 0.306. The molecule has 3 aromatic heterocycles. The zero-order valence-corrected chi connectivity index (χ0v) is 37.5. The van der Waals surface area contributed by atoms with E-state index in [0.29, 0.717) is 22.7 Å². The van der Waals surface area contributed by atoms with Crippen LogP contribution in [0.4, 0.5) is 4.39 Å². The van der Waals surface area contributed by atoms with E-state index in [1.54, 1.807) is 19.1 Å². The summed E-state index contributed by atoms with van der Waals surface area (Å²) in [5, 5.41) is 3.63. The van der Waals surface area contributed by atoms with Gasteiger partial charge in [-0.25, -0.2) is 0 Å². The molecule has 0 amide bonds. The number of para-hydroxylation sites is 1. The van der Waals surface area contributed by atoms with Gasteiger partial charge in [0.2, 0.25) is 0 Å². The average Bonchev–Trinajstić information content (AvgIpc) is 3.51. The van der Waals surface area contributed by atoms with Gasteiger partial charge < -0.3 is 14.4 Å². The van der Waals surface area contributed by atoms with Gasteiger partial charge in [0.1, 0.15) is 5.58 Å². The summed E-state index contributed by atoms with van der Waals surface area (Å²) in [6, 6.07) is 37.4. The van der Waals surface area contributed by atoms with Gasteiger partial charge in [-0.2, -0.15) is 0 Å². The number of hydrogen-bond acceptors (Lipinski definition) is 3. The Hall–Kier alpha value is -4.22. The molecular weight excluding hydrogens is 872 g/mol. The van der Waals surface area contributed by atoms with E-state index in [1.165, 1.54) is 27.4 Å². The van der Waals surface area contributed by atoms with Gasteiger partial charge in [-0.05, 0) is 57.1 Å². The molecule has 3 heterocycles. The molecule has 0 aliphatic carbocycles. The Kier molecular flexibility index (Phi) is 12.6. The number of aryl methyl sites for hydroxylation is 1. The van der Waals surface area contributed by atoms with Crippen LogP contribution in [0.2, 0.25) is 19.6 Å². The van der Waals surface area contributed by atoms with Crippen molar-refractivity contribution in [2.45, 2.75) is 92.8 Å². The number of aromatic nitrogens is 2. The molecule has 0 aliphatic rings. The predicted octanol–water partition coefficient (Wildman–Crippen LogP) is 13.0. The van der Waals surface area contributed by atoms with E-state index >= 15 is 0 Å². The molecule has 287 valence electrons. The van der Waals surface area contributed by atoms with Crippen LogP contribution in [-0.4, -0.2) is 18.0 Å². The maximum absolute atomic E-state index is 14.4. The first-order chi connectivity index (χ1) is 25.5. The van der Waals surface area contributed by atoms with Crippen molar-refractivity contribution < 1.29 is 28.9 Å². The van der Waals surface area contributed by atoms with Crippen molar-refractivity contribution in [2.75, 3.05) is 0 Å². The topological polar surface area (TPSA) is 38.9 Å². The number of rotatable bonds is 7. The molecule has 0 bridgehead atoms. The molecule has 0 saturated heterocycles. The average molecular weight is 925 g/mol. The molecule has 0 saturated carbocycles. The van der Waals surface area contributed by atoms with Crippen LogP contribution in [0.5, 0.6) is 0 Å². The van der Waals surface area contributed by atoms with E-state index in [2.05, 4.69) is 158 Å². The van der Waals surface area contributed by atoms with Crippen LogP contribution in [0.25, 0.3) is 44.5 Å². The molecule has 0 atom stereocenters. The minimum absolute atomic E-state index is 0. The second kappa shape index (κ2) is 16.5. The van der Waals surface area contributed by atoms with Crippen molar-refractivity contribution in [3.8, 4) is 22.5 Å². The third kappa shape index (κ3) is 9.09. The molecule has 55 heavy (non-hydrogen) atoms. The standard InChI is InChI=1S/C29H26NO.C20H27FNSi.Ir/c1-19(2)22-12-8-13-23-24-14-9-15-25(28(24)31-27(22)23)26-18-21(16-17-30-26)29(3,4)20-10-6-5-7-11-20;1-14-9-8-10-16(19(14)21)17-11-15(12-20(2,3)4)18(13-22-17)23(5,6)7;/h5-14,16-19H,1-4H3;8-9,11,13H,12H2,1-7H3;/q2*-1;. The monoisotopic (exact) mass is 925 g/mol. The van der Waals surface area contributed by atoms with Gasteiger partial charge in [0.05, 0.1) is 13.7 Å². The van der Waals surface area contributed by atoms with Crippen LogP contribution in [-0.2, 0) is 31.9 Å². The van der Waals surface area contributed by atoms with Gasteiger partial charge in [0.15, 0.2) is 0 Å². The third-order valence-corrected chi connectivity index (χ3v) is 12.3. The molecule has 0 fully saturated rings. The van der Waals surface area contributed by atoms with Gasteiger partial charge in [-0.3, -0.25) is 4.39 Å². The van der Waals surface area contributed by atoms with Crippen LogP contribution in [0.3, 0.4) is 0 Å². The number of benzene rings is 4. The summed E-state index contributed by atoms with van der Waals surface area (Å²) in [5.41, 5.74) is 10.5. The van der Waals surface area contributed by atoms with Crippen LogP contribution < -0.4 is 5.19 Å². The molecule has 0 unspecified atom stereocenters. The predicted molar refractivity (Wildman–Crippen MR) is 228 cm³/mol. The summed E-state index contributed by atoms with van der Waals surface area (Å²) in [6.45, 7) is 24.4. The van der Waals surface area contributed by atoms with Crippen molar-refractivity contribution in [1.29, 1.82) is 0 Å². The SMILES string of the molecule is CC(C)c1cccc2c1oc1c(-c3cc(C(C)(C)c4ccccc4)ccn3)[c-]ccc12.Cc1cc[c-]c(-c2cc(CC(C)(C)C)c([Si](C)(C)C)cn2)c1F.[Ir]. The molecule has 3 nitrogen and oxygen atoms in total. The van der Waals surface area contributed by atoms with E-state index in [4.69, 9.17) is 9.40 Å². The number of hydrogen-bond donors (Lipinski definition) is 0. The quantitative estimate of drug-likeness (QED) is 0.118. The van der Waals surface area contributed by atoms with Crippen LogP contribution in [0.1, 0.15) is 82.2 Å². The van der Waals surface area contributed by atoms with Crippen molar-refractivity contribution >= 4 is 35.2 Å². The fourth-order valence-corrected chi connectivity index (χ4v) is 8.78. The molecule has 4 aromatic carbocycles. The Balaban J connectivity index is 0.000000217. The summed E-state index contributed by atoms with van der Waals surface area (Å²) in [6.07, 6.45) is 4.83. The maximum Gasteiger partial charge on any atom is 0.124 e. The summed E-state index contributed by atoms with van der Waals surface area (Å²) >= 11 is 0. The normalized spacial score (nSPS) is 12.1. The minimum atomic E-state index is -1.49. The summed E-state index contributed by atoms with van der Waals surface area (Å²) in [5.74, 6) is 0.173. The maximum atomic E-state index is 14.4. The van der Waals surface area contributed by atoms with Crippen molar-refractivity contribution in [1.82, 2.24) is 9.97 Å². The summed E-state index contributed by atoms with van der Waals surface area (Å²) in [7, 11) is -1.49. The Labute approximate surface area is 342 Å². The zero-order chi connectivity index (χ0) is 39.0. The molecule has 0 aliphatic heterocycles. The largest absolute Gasteiger partial charge is 0.500 e. The van der Waals surface area contributed by atoms with Gasteiger partial charge in [0, 0.05) is 49.1 Å². The number of pyridine rings is 2. The zero-order valence-electron chi connectivity index (χ0n) is 34.1. The van der Waals surface area contributed by atoms with Crippen molar-refractivity contribution in [3.63, 3.8) is 0 Å². The summed E-state index contributed by atoms with van der Waals surface area (Å²) in [4.78, 5) is 9.27. The molecule has 0 spiro atoms. The van der Waals surface area contributed by atoms with Gasteiger partial charge in [-0.15, -0.1) is 36.4 Å². The molecular formula is C49H53FIrN2OSi-2. The Morgan fingerprint density at radius 1 is 0.745 bits per heavy atom. The van der Waals surface area contributed by atoms with Crippen molar-refractivity contribution in [3.05, 3.63) is 149 Å². The Bertz CT molecular complexity index is 2420. The first-order valence-electron chi connectivity index (χ1n) is 19.0. The first kappa shape index (κ1) is 41.9. The Morgan fingerprint density at radius 3 is 2.07 bits per heavy atom. The van der Waals surface area contributed by atoms with Crippen LogP contribution in [0, 0.1) is 30.3 Å². The van der Waals surface area contributed by atoms with Gasteiger partial charge in [-0.1, -0.05) is 163 Å². The number of nitrogens with zero attached hydrogens (tertiary/aromatic N) is 2. The second-order valence-corrected chi connectivity index (χ2v) is 22.6. The van der Waals surface area contributed by atoms with E-state index in [-0.39, 0.29) is 36.8 Å². The third-order valence-electron chi connectivity index (χ3n) is 10.2. The minimum Gasteiger partial charge on any atom is -0.500 e.